The number of anilines is 2. The van der Waals surface area contributed by atoms with Crippen LogP contribution in [0.5, 0.6) is 0 Å². The van der Waals surface area contributed by atoms with E-state index in [1.165, 1.54) is 18.7 Å². The number of rotatable bonds is 6. The monoisotopic (exact) mass is 346 g/mol. The number of carbonyl (C=O) groups excluding carboxylic acids is 2. The van der Waals surface area contributed by atoms with Crippen LogP contribution in [0.15, 0.2) is 42.5 Å². The van der Waals surface area contributed by atoms with Crippen molar-refractivity contribution < 1.29 is 14.3 Å². The normalized spacial score (nSPS) is 10.1. The molecular formula is C18H19ClN2O3. The lowest BCUT2D eigenvalue weighted by Crippen LogP contribution is -2.17. The number of hydrogen-bond acceptors (Lipinski definition) is 4. The summed E-state index contributed by atoms with van der Waals surface area (Å²) < 4.78 is 4.65. The molecule has 0 saturated carbocycles. The number of benzene rings is 2. The average molecular weight is 347 g/mol. The molecule has 0 aliphatic heterocycles. The van der Waals surface area contributed by atoms with Gasteiger partial charge in [0.1, 0.15) is 0 Å². The Balaban J connectivity index is 1.90. The summed E-state index contributed by atoms with van der Waals surface area (Å²) in [6.07, 6.45) is 0.270. The van der Waals surface area contributed by atoms with Crippen LogP contribution in [-0.2, 0) is 9.53 Å². The quantitative estimate of drug-likeness (QED) is 0.779. The van der Waals surface area contributed by atoms with Crippen molar-refractivity contribution in [2.75, 3.05) is 24.3 Å². The molecule has 0 saturated heterocycles. The van der Waals surface area contributed by atoms with E-state index >= 15 is 0 Å². The number of halogens is 1. The highest BCUT2D eigenvalue weighted by Crippen LogP contribution is 2.23. The lowest BCUT2D eigenvalue weighted by molar-refractivity contribution is -0.115. The van der Waals surface area contributed by atoms with Gasteiger partial charge in [0.05, 0.1) is 23.4 Å². The van der Waals surface area contributed by atoms with Gasteiger partial charge < -0.3 is 15.4 Å². The number of esters is 1. The molecule has 24 heavy (non-hydrogen) atoms. The first kappa shape index (κ1) is 17.8. The van der Waals surface area contributed by atoms with Crippen molar-refractivity contribution in [2.24, 2.45) is 0 Å². The van der Waals surface area contributed by atoms with E-state index in [0.29, 0.717) is 22.8 Å². The van der Waals surface area contributed by atoms with Crippen LogP contribution < -0.4 is 10.6 Å². The second-order valence-electron chi connectivity index (χ2n) is 5.28. The maximum Gasteiger partial charge on any atom is 0.337 e. The predicted molar refractivity (Wildman–Crippen MR) is 95.7 cm³/mol. The van der Waals surface area contributed by atoms with Crippen molar-refractivity contribution >= 4 is 34.9 Å². The Hall–Kier alpha value is -2.53. The smallest absolute Gasteiger partial charge is 0.337 e. The molecule has 0 spiro atoms. The molecule has 2 aromatic rings. The Morgan fingerprint density at radius 3 is 2.50 bits per heavy atom. The zero-order valence-corrected chi connectivity index (χ0v) is 14.3. The lowest BCUT2D eigenvalue weighted by Gasteiger charge is -2.10. The molecule has 2 rings (SSSR count). The third-order valence-electron chi connectivity index (χ3n) is 3.39. The minimum atomic E-state index is -0.483. The summed E-state index contributed by atoms with van der Waals surface area (Å²) in [6.45, 7) is 2.51. The topological polar surface area (TPSA) is 67.4 Å². The van der Waals surface area contributed by atoms with Crippen molar-refractivity contribution in [3.8, 4) is 0 Å². The van der Waals surface area contributed by atoms with Crippen LogP contribution >= 0.6 is 11.6 Å². The lowest BCUT2D eigenvalue weighted by atomic mass is 10.2. The summed E-state index contributed by atoms with van der Waals surface area (Å²) in [4.78, 5) is 23.6. The first-order valence-corrected chi connectivity index (χ1v) is 7.85. The molecule has 0 aliphatic carbocycles. The van der Waals surface area contributed by atoms with Gasteiger partial charge in [0.2, 0.25) is 5.91 Å². The fourth-order valence-electron chi connectivity index (χ4n) is 2.07. The predicted octanol–water partition coefficient (Wildman–Crippen LogP) is 3.88. The Morgan fingerprint density at radius 2 is 1.83 bits per heavy atom. The van der Waals surface area contributed by atoms with Gasteiger partial charge in [-0.25, -0.2) is 4.79 Å². The summed E-state index contributed by atoms with van der Waals surface area (Å²) in [5.74, 6) is -0.679. The molecule has 0 aromatic heterocycles. The van der Waals surface area contributed by atoms with Crippen molar-refractivity contribution in [3.05, 3.63) is 58.6 Å². The second kappa shape index (κ2) is 8.36. The Labute approximate surface area is 146 Å². The molecule has 2 aromatic carbocycles. The maximum atomic E-state index is 12.0. The molecule has 0 fully saturated rings. The Bertz CT molecular complexity index is 730. The van der Waals surface area contributed by atoms with E-state index in [0.717, 1.165) is 5.69 Å². The average Bonchev–Trinajstić information content (AvgIpc) is 2.58. The number of methoxy groups -OCH3 is 1. The standard InChI is InChI=1S/C18H19ClN2O3/c1-12-3-6-14(7-4-12)20-10-9-17(22)21-16-11-13(18(23)24-2)5-8-15(16)19/h3-8,11,20H,9-10H2,1-2H3,(H,21,22). The molecule has 0 bridgehead atoms. The maximum absolute atomic E-state index is 12.0. The van der Waals surface area contributed by atoms with E-state index < -0.39 is 5.97 Å². The third kappa shape index (κ3) is 4.99. The molecule has 1 amide bonds. The van der Waals surface area contributed by atoms with E-state index in [4.69, 9.17) is 11.6 Å². The zero-order valence-electron chi connectivity index (χ0n) is 13.6. The molecular weight excluding hydrogens is 328 g/mol. The van der Waals surface area contributed by atoms with Crippen LogP contribution in [0, 0.1) is 6.92 Å². The Morgan fingerprint density at radius 1 is 1.12 bits per heavy atom. The van der Waals surface area contributed by atoms with Crippen LogP contribution in [0.1, 0.15) is 22.3 Å². The summed E-state index contributed by atoms with van der Waals surface area (Å²) >= 11 is 6.05. The fraction of sp³-hybridized carbons (Fsp3) is 0.222. The molecule has 0 atom stereocenters. The van der Waals surface area contributed by atoms with Crippen LogP contribution in [-0.4, -0.2) is 25.5 Å². The minimum Gasteiger partial charge on any atom is -0.465 e. The van der Waals surface area contributed by atoms with Gasteiger partial charge in [0, 0.05) is 18.7 Å². The molecule has 2 N–H and O–H groups in total. The van der Waals surface area contributed by atoms with E-state index in [1.54, 1.807) is 12.1 Å². The number of nitrogens with one attached hydrogen (secondary N) is 2. The molecule has 126 valence electrons. The first-order chi connectivity index (χ1) is 11.5. The SMILES string of the molecule is COC(=O)c1ccc(Cl)c(NC(=O)CCNc2ccc(C)cc2)c1. The van der Waals surface area contributed by atoms with E-state index in [-0.39, 0.29) is 12.3 Å². The molecule has 0 radical (unpaired) electrons. The van der Waals surface area contributed by atoms with Crippen LogP contribution in [0.3, 0.4) is 0 Å². The molecule has 0 aliphatic rings. The van der Waals surface area contributed by atoms with Crippen molar-refractivity contribution in [1.29, 1.82) is 0 Å². The van der Waals surface area contributed by atoms with Crippen molar-refractivity contribution in [2.45, 2.75) is 13.3 Å². The van der Waals surface area contributed by atoms with Crippen LogP contribution in [0.4, 0.5) is 11.4 Å². The highest BCUT2D eigenvalue weighted by atomic mass is 35.5. The van der Waals surface area contributed by atoms with E-state index in [9.17, 15) is 9.59 Å². The zero-order chi connectivity index (χ0) is 17.5. The van der Waals surface area contributed by atoms with Gasteiger partial charge in [-0.2, -0.15) is 0 Å². The van der Waals surface area contributed by atoms with Crippen molar-refractivity contribution in [3.63, 3.8) is 0 Å². The first-order valence-electron chi connectivity index (χ1n) is 7.48. The summed E-state index contributed by atoms with van der Waals surface area (Å²) in [5.41, 5.74) is 2.85. The van der Waals surface area contributed by atoms with E-state index in [2.05, 4.69) is 15.4 Å². The molecule has 0 unspecified atom stereocenters. The minimum absolute atomic E-state index is 0.196. The van der Waals surface area contributed by atoms with Crippen molar-refractivity contribution in [1.82, 2.24) is 0 Å². The van der Waals surface area contributed by atoms with Crippen LogP contribution in [0.2, 0.25) is 5.02 Å². The summed E-state index contributed by atoms with van der Waals surface area (Å²) in [6, 6.07) is 12.5. The molecule has 0 heterocycles. The van der Waals surface area contributed by atoms with Gasteiger partial charge in [0.25, 0.3) is 0 Å². The second-order valence-corrected chi connectivity index (χ2v) is 5.68. The number of ether oxygens (including phenoxy) is 1. The summed E-state index contributed by atoms with van der Waals surface area (Å²) in [5, 5.41) is 6.24. The highest BCUT2D eigenvalue weighted by molar-refractivity contribution is 6.33. The number of aryl methyl sites for hydroxylation is 1. The highest BCUT2D eigenvalue weighted by Gasteiger charge is 2.11. The van der Waals surface area contributed by atoms with Gasteiger partial charge in [-0.1, -0.05) is 29.3 Å². The van der Waals surface area contributed by atoms with Gasteiger partial charge in [0.15, 0.2) is 0 Å². The number of amides is 1. The van der Waals surface area contributed by atoms with Gasteiger partial charge in [-0.15, -0.1) is 0 Å². The number of carbonyl (C=O) groups is 2. The van der Waals surface area contributed by atoms with E-state index in [1.807, 2.05) is 31.2 Å². The Kier molecular flexibility index (Phi) is 6.21. The molecule has 6 heteroatoms. The fourth-order valence-corrected chi connectivity index (χ4v) is 2.24. The van der Waals surface area contributed by atoms with Gasteiger partial charge in [-0.3, -0.25) is 4.79 Å². The third-order valence-corrected chi connectivity index (χ3v) is 3.72. The number of hydrogen-bond donors (Lipinski definition) is 2. The molecule has 5 nitrogen and oxygen atoms in total. The van der Waals surface area contributed by atoms with Gasteiger partial charge >= 0.3 is 5.97 Å². The van der Waals surface area contributed by atoms with Crippen LogP contribution in [0.25, 0.3) is 0 Å². The largest absolute Gasteiger partial charge is 0.465 e. The van der Waals surface area contributed by atoms with Gasteiger partial charge in [-0.05, 0) is 37.3 Å². The summed E-state index contributed by atoms with van der Waals surface area (Å²) in [7, 11) is 1.30.